The molecule has 0 saturated carbocycles. The first kappa shape index (κ1) is 18.6. The number of amides is 1. The van der Waals surface area contributed by atoms with Gasteiger partial charge in [0.15, 0.2) is 0 Å². The van der Waals surface area contributed by atoms with Gasteiger partial charge in [0.25, 0.3) is 5.91 Å². The van der Waals surface area contributed by atoms with Gasteiger partial charge in [-0.2, -0.15) is 0 Å². The maximum Gasteiger partial charge on any atom is 0.255 e. The van der Waals surface area contributed by atoms with Gasteiger partial charge >= 0.3 is 0 Å². The molecule has 2 fully saturated rings. The molecule has 0 bridgehead atoms. The summed E-state index contributed by atoms with van der Waals surface area (Å²) >= 11 is 3.49. The third-order valence-corrected chi connectivity index (χ3v) is 5.87. The van der Waals surface area contributed by atoms with Gasteiger partial charge in [-0.05, 0) is 78.3 Å². The summed E-state index contributed by atoms with van der Waals surface area (Å²) in [6.07, 6.45) is 4.75. The van der Waals surface area contributed by atoms with Crippen molar-refractivity contribution in [2.75, 3.05) is 33.3 Å². The molecule has 1 aromatic carbocycles. The number of halogens is 2. The topological polar surface area (TPSA) is 41.6 Å². The normalized spacial score (nSPS) is 20.0. The van der Waals surface area contributed by atoms with Crippen molar-refractivity contribution >= 4 is 34.2 Å². The molecule has 23 heavy (non-hydrogen) atoms. The number of hydrogen-bond acceptors (Lipinski definition) is 3. The van der Waals surface area contributed by atoms with E-state index in [0.717, 1.165) is 49.2 Å². The fourth-order valence-corrected chi connectivity index (χ4v) is 4.02. The van der Waals surface area contributed by atoms with Crippen LogP contribution in [0.2, 0.25) is 0 Å². The van der Waals surface area contributed by atoms with Gasteiger partial charge in [-0.25, -0.2) is 0 Å². The maximum absolute atomic E-state index is 12.8. The number of carbonyl (C=O) groups is 1. The van der Waals surface area contributed by atoms with E-state index in [2.05, 4.69) is 21.2 Å². The van der Waals surface area contributed by atoms with Crippen molar-refractivity contribution in [3.63, 3.8) is 0 Å². The number of piperidine rings is 2. The number of likely N-dealkylation sites (tertiary alicyclic amines) is 1. The molecule has 0 radical (unpaired) electrons. The monoisotopic (exact) mass is 402 g/mol. The van der Waals surface area contributed by atoms with Crippen LogP contribution in [0.5, 0.6) is 5.75 Å². The Morgan fingerprint density at radius 2 is 1.87 bits per heavy atom. The highest BCUT2D eigenvalue weighted by molar-refractivity contribution is 9.10. The van der Waals surface area contributed by atoms with E-state index in [1.807, 2.05) is 23.1 Å². The zero-order chi connectivity index (χ0) is 15.6. The van der Waals surface area contributed by atoms with Gasteiger partial charge in [0.05, 0.1) is 12.7 Å². The van der Waals surface area contributed by atoms with Crippen LogP contribution in [0.4, 0.5) is 0 Å². The number of carbonyl (C=O) groups excluding carboxylic acids is 1. The van der Waals surface area contributed by atoms with Crippen molar-refractivity contribution in [1.29, 1.82) is 0 Å². The summed E-state index contributed by atoms with van der Waals surface area (Å²) in [5.74, 6) is 0.827. The summed E-state index contributed by atoms with van der Waals surface area (Å²) in [6.45, 7) is 3.97. The van der Waals surface area contributed by atoms with Crippen LogP contribution in [-0.4, -0.2) is 44.1 Å². The van der Waals surface area contributed by atoms with E-state index >= 15 is 0 Å². The molecule has 2 saturated heterocycles. The zero-order valence-corrected chi connectivity index (χ0v) is 15.8. The third-order valence-electron chi connectivity index (χ3n) is 5.18. The summed E-state index contributed by atoms with van der Waals surface area (Å²) in [5.41, 5.74) is 1.16. The second-order valence-electron chi connectivity index (χ2n) is 6.39. The van der Waals surface area contributed by atoms with Crippen molar-refractivity contribution < 1.29 is 9.53 Å². The van der Waals surface area contributed by atoms with E-state index in [1.165, 1.54) is 12.8 Å². The van der Waals surface area contributed by atoms with Crippen LogP contribution in [0.1, 0.15) is 36.0 Å². The van der Waals surface area contributed by atoms with Crippen LogP contribution in [-0.2, 0) is 0 Å². The van der Waals surface area contributed by atoms with Crippen LogP contribution in [0.3, 0.4) is 0 Å². The molecule has 128 valence electrons. The quantitative estimate of drug-likeness (QED) is 0.822. The Labute approximate surface area is 152 Å². The number of ether oxygens (including phenoxy) is 1. The molecule has 1 spiro atoms. The molecule has 2 heterocycles. The van der Waals surface area contributed by atoms with Gasteiger partial charge < -0.3 is 15.0 Å². The van der Waals surface area contributed by atoms with Crippen LogP contribution >= 0.6 is 28.3 Å². The van der Waals surface area contributed by atoms with Crippen molar-refractivity contribution in [3.05, 3.63) is 28.2 Å². The maximum atomic E-state index is 12.8. The van der Waals surface area contributed by atoms with E-state index < -0.39 is 0 Å². The molecule has 1 N–H and O–H groups in total. The van der Waals surface area contributed by atoms with Gasteiger partial charge in [-0.3, -0.25) is 4.79 Å². The second kappa shape index (κ2) is 7.86. The average Bonchev–Trinajstić information content (AvgIpc) is 2.56. The number of rotatable bonds is 2. The second-order valence-corrected chi connectivity index (χ2v) is 7.24. The van der Waals surface area contributed by atoms with Crippen LogP contribution in [0, 0.1) is 5.41 Å². The minimum atomic E-state index is 0. The lowest BCUT2D eigenvalue weighted by Gasteiger charge is -2.44. The highest BCUT2D eigenvalue weighted by atomic mass is 79.9. The average molecular weight is 404 g/mol. The summed E-state index contributed by atoms with van der Waals surface area (Å²) in [4.78, 5) is 14.8. The minimum absolute atomic E-state index is 0. The van der Waals surface area contributed by atoms with E-state index in [-0.39, 0.29) is 18.3 Å². The van der Waals surface area contributed by atoms with Gasteiger partial charge in [-0.1, -0.05) is 0 Å². The lowest BCUT2D eigenvalue weighted by Crippen LogP contribution is -2.47. The molecule has 0 atom stereocenters. The third kappa shape index (κ3) is 4.01. The summed E-state index contributed by atoms with van der Waals surface area (Å²) < 4.78 is 6.07. The van der Waals surface area contributed by atoms with Crippen LogP contribution in [0.25, 0.3) is 0 Å². The van der Waals surface area contributed by atoms with Gasteiger partial charge in [-0.15, -0.1) is 12.4 Å². The molecule has 0 aliphatic carbocycles. The van der Waals surface area contributed by atoms with E-state index in [4.69, 9.17) is 4.74 Å². The van der Waals surface area contributed by atoms with E-state index in [0.29, 0.717) is 11.0 Å². The number of nitrogens with zero attached hydrogens (tertiary/aromatic N) is 1. The molecule has 0 unspecified atom stereocenters. The van der Waals surface area contributed by atoms with Crippen molar-refractivity contribution in [1.82, 2.24) is 10.2 Å². The summed E-state index contributed by atoms with van der Waals surface area (Å²) in [5, 5.41) is 3.44. The van der Waals surface area contributed by atoms with Crippen LogP contribution in [0.15, 0.2) is 22.7 Å². The predicted octanol–water partition coefficient (Wildman–Crippen LogP) is 3.49. The molecule has 6 heteroatoms. The van der Waals surface area contributed by atoms with E-state index in [1.54, 1.807) is 7.11 Å². The number of methoxy groups -OCH3 is 1. The molecule has 1 aromatic rings. The highest BCUT2D eigenvalue weighted by Gasteiger charge is 2.37. The Kier molecular flexibility index (Phi) is 6.34. The summed E-state index contributed by atoms with van der Waals surface area (Å²) in [7, 11) is 1.62. The van der Waals surface area contributed by atoms with Gasteiger partial charge in [0, 0.05) is 17.6 Å². The molecular formula is C17H24BrClN2O2. The smallest absolute Gasteiger partial charge is 0.255 e. The first-order valence-electron chi connectivity index (χ1n) is 7.97. The molecular weight excluding hydrogens is 380 g/mol. The minimum Gasteiger partial charge on any atom is -0.497 e. The lowest BCUT2D eigenvalue weighted by atomic mass is 9.71. The fraction of sp³-hybridized carbons (Fsp3) is 0.588. The Balaban J connectivity index is 0.00000192. The van der Waals surface area contributed by atoms with Crippen LogP contribution < -0.4 is 10.1 Å². The Morgan fingerprint density at radius 1 is 1.22 bits per heavy atom. The number of benzene rings is 1. The Morgan fingerprint density at radius 3 is 2.48 bits per heavy atom. The Bertz CT molecular complexity index is 552. The summed E-state index contributed by atoms with van der Waals surface area (Å²) in [6, 6.07) is 5.56. The molecule has 1 amide bonds. The molecule has 3 rings (SSSR count). The molecule has 0 aromatic heterocycles. The number of nitrogens with one attached hydrogen (secondary N) is 1. The highest BCUT2D eigenvalue weighted by Crippen LogP contribution is 2.40. The lowest BCUT2D eigenvalue weighted by molar-refractivity contribution is 0.0494. The van der Waals surface area contributed by atoms with Gasteiger partial charge in [0.1, 0.15) is 5.75 Å². The SMILES string of the molecule is COc1ccc(Br)c(C(=O)N2CCC3(CCNCC3)CC2)c1.Cl. The zero-order valence-electron chi connectivity index (χ0n) is 13.4. The van der Waals surface area contributed by atoms with Gasteiger partial charge in [0.2, 0.25) is 0 Å². The largest absolute Gasteiger partial charge is 0.497 e. The first-order chi connectivity index (χ1) is 10.6. The van der Waals surface area contributed by atoms with E-state index in [9.17, 15) is 4.79 Å². The van der Waals surface area contributed by atoms with Crippen molar-refractivity contribution in [2.24, 2.45) is 5.41 Å². The van der Waals surface area contributed by atoms with Crippen molar-refractivity contribution in [2.45, 2.75) is 25.7 Å². The fourth-order valence-electron chi connectivity index (χ4n) is 3.61. The Hall–Kier alpha value is -0.780. The molecule has 2 aliphatic rings. The van der Waals surface area contributed by atoms with Crippen molar-refractivity contribution in [3.8, 4) is 5.75 Å². The number of hydrogen-bond donors (Lipinski definition) is 1. The molecule has 2 aliphatic heterocycles. The predicted molar refractivity (Wildman–Crippen MR) is 97.6 cm³/mol. The first-order valence-corrected chi connectivity index (χ1v) is 8.76. The standard InChI is InChI=1S/C17H23BrN2O2.ClH/c1-22-13-2-3-15(18)14(12-13)16(21)20-10-6-17(7-11-20)4-8-19-9-5-17;/h2-3,12,19H,4-11H2,1H3;1H. The molecule has 4 nitrogen and oxygen atoms in total.